The summed E-state index contributed by atoms with van der Waals surface area (Å²) in [4.78, 5) is 13.7. The number of ether oxygens (including phenoxy) is 8. The fourth-order valence-electron chi connectivity index (χ4n) is 9.67. The van der Waals surface area contributed by atoms with Crippen LogP contribution < -0.4 is 0 Å². The van der Waals surface area contributed by atoms with Crippen LogP contribution in [-0.4, -0.2) is 140 Å². The van der Waals surface area contributed by atoms with Gasteiger partial charge in [-0.3, -0.25) is 4.79 Å². The fraction of sp³-hybridized carbons (Fsp3) is 0.975. The second-order valence-corrected chi connectivity index (χ2v) is 17.7. The second-order valence-electron chi connectivity index (χ2n) is 17.7. The van der Waals surface area contributed by atoms with Gasteiger partial charge in [-0.2, -0.15) is 0 Å². The van der Waals surface area contributed by atoms with Crippen molar-refractivity contribution in [3.63, 3.8) is 0 Å². The molecule has 15 heteroatoms. The van der Waals surface area contributed by atoms with E-state index in [1.54, 1.807) is 27.7 Å². The third kappa shape index (κ3) is 9.09. The van der Waals surface area contributed by atoms with Crippen LogP contribution in [0.4, 0.5) is 0 Å². The van der Waals surface area contributed by atoms with E-state index in [-0.39, 0.29) is 30.8 Å². The Bertz CT molecular complexity index is 1250. The molecule has 0 radical (unpaired) electrons. The fourth-order valence-corrected chi connectivity index (χ4v) is 9.67. The van der Waals surface area contributed by atoms with Crippen molar-refractivity contribution in [2.24, 2.45) is 35.5 Å². The lowest BCUT2D eigenvalue weighted by atomic mass is 9.68. The molecule has 23 atom stereocenters. The number of aliphatic hydroxyl groups is 6. The van der Waals surface area contributed by atoms with Gasteiger partial charge in [-0.15, -0.1) is 0 Å². The average molecular weight is 791 g/mol. The highest BCUT2D eigenvalue weighted by molar-refractivity contribution is 5.73. The molecular formula is C40H70O15. The first-order valence-electron chi connectivity index (χ1n) is 20.6. The van der Waals surface area contributed by atoms with E-state index >= 15 is 0 Å². The van der Waals surface area contributed by atoms with Crippen LogP contribution in [0, 0.1) is 35.5 Å². The lowest BCUT2D eigenvalue weighted by molar-refractivity contribution is -0.410. The van der Waals surface area contributed by atoms with Crippen molar-refractivity contribution in [2.45, 2.75) is 212 Å². The van der Waals surface area contributed by atoms with Crippen LogP contribution in [0.15, 0.2) is 0 Å². The summed E-state index contributed by atoms with van der Waals surface area (Å²) in [6, 6.07) is 0. The molecule has 5 fully saturated rings. The van der Waals surface area contributed by atoms with Crippen molar-refractivity contribution in [1.82, 2.24) is 0 Å². The molecule has 5 aliphatic rings. The standard InChI is InChI=1S/C40H70O15/c1-12-26(41)17(2)34-18(3)32(43)21(6)40(54-34)22(7)33(44)19(4)35(55-40)20(5)38(46)53-30-15-27(42)36(24(9)49-30)52-29-14-13-28(23(8)48-29)51-31-16-39(11,47)37(45)25(10)50-31/h17-37,41-45,47H,12-16H2,1-11H3/t17?,18-,19-,20?,21+,22-,23+,24+,25+,26+,27-,28-,29-,30-,31-,32+,33+,34-,35+,36+,37+,39+,40+/m1/s1. The van der Waals surface area contributed by atoms with E-state index < -0.39 is 127 Å². The van der Waals surface area contributed by atoms with Crippen molar-refractivity contribution < 1.29 is 73.3 Å². The molecule has 5 heterocycles. The van der Waals surface area contributed by atoms with E-state index in [0.29, 0.717) is 19.3 Å². The topological polar surface area (TPSA) is 212 Å². The third-order valence-electron chi connectivity index (χ3n) is 13.6. The molecule has 5 aliphatic heterocycles. The number of carbonyl (C=O) groups is 1. The van der Waals surface area contributed by atoms with E-state index in [9.17, 15) is 35.4 Å². The Balaban J connectivity index is 1.17. The zero-order chi connectivity index (χ0) is 40.9. The molecule has 0 amide bonds. The summed E-state index contributed by atoms with van der Waals surface area (Å²) in [5, 5.41) is 65.7. The van der Waals surface area contributed by atoms with Gasteiger partial charge in [0.25, 0.3) is 0 Å². The number of carbonyl (C=O) groups excluding carboxylic acids is 1. The number of esters is 1. The molecule has 55 heavy (non-hydrogen) atoms. The largest absolute Gasteiger partial charge is 0.435 e. The summed E-state index contributed by atoms with van der Waals surface area (Å²) in [5.74, 6) is -5.19. The second kappa shape index (κ2) is 17.7. The Morgan fingerprint density at radius 2 is 1.35 bits per heavy atom. The lowest BCUT2D eigenvalue weighted by Gasteiger charge is -2.60. The molecule has 5 saturated heterocycles. The maximum atomic E-state index is 13.7. The van der Waals surface area contributed by atoms with Crippen LogP contribution in [0.5, 0.6) is 0 Å². The molecule has 0 saturated carbocycles. The van der Waals surface area contributed by atoms with Crippen molar-refractivity contribution in [2.75, 3.05) is 0 Å². The van der Waals surface area contributed by atoms with Crippen LogP contribution >= 0.6 is 0 Å². The van der Waals surface area contributed by atoms with E-state index in [0.717, 1.165) is 0 Å². The first kappa shape index (κ1) is 45.0. The van der Waals surface area contributed by atoms with E-state index in [4.69, 9.17) is 37.9 Å². The third-order valence-corrected chi connectivity index (χ3v) is 13.6. The summed E-state index contributed by atoms with van der Waals surface area (Å²) in [6.45, 7) is 19.6. The molecule has 2 unspecified atom stereocenters. The minimum atomic E-state index is -1.43. The highest BCUT2D eigenvalue weighted by Crippen LogP contribution is 2.52. The summed E-state index contributed by atoms with van der Waals surface area (Å²) < 4.78 is 49.6. The van der Waals surface area contributed by atoms with Gasteiger partial charge in [-0.25, -0.2) is 0 Å². The van der Waals surface area contributed by atoms with Gasteiger partial charge >= 0.3 is 5.97 Å². The van der Waals surface area contributed by atoms with Crippen molar-refractivity contribution in [1.29, 1.82) is 0 Å². The Morgan fingerprint density at radius 3 is 1.91 bits per heavy atom. The van der Waals surface area contributed by atoms with Gasteiger partial charge in [-0.1, -0.05) is 41.5 Å². The molecule has 1 spiro atoms. The Morgan fingerprint density at radius 1 is 0.782 bits per heavy atom. The average Bonchev–Trinajstić information content (AvgIpc) is 3.12. The van der Waals surface area contributed by atoms with Crippen LogP contribution in [0.25, 0.3) is 0 Å². The number of aliphatic hydroxyl groups excluding tert-OH is 5. The van der Waals surface area contributed by atoms with E-state index in [2.05, 4.69) is 0 Å². The highest BCUT2D eigenvalue weighted by atomic mass is 16.7. The first-order chi connectivity index (χ1) is 25.6. The quantitative estimate of drug-likeness (QED) is 0.176. The Labute approximate surface area is 326 Å². The molecular weight excluding hydrogens is 720 g/mol. The SMILES string of the molecule is CC[C@H](O)C(C)[C@H]1O[C@]2(O[C@H](C(C)C(=O)O[C@@H]3C[C@@H](O)[C@@H](O[C@@H]4CC[C@@H](O[C@@H]5C[C@](C)(O)[C@@H](O)[C@H](C)O5)[C@H](C)O4)[C@H](C)O3)[C@H](C)[C@H](O)[C@H]2C)[C@@H](C)[C@@H](O)[C@H]1C. The number of hydrogen-bond acceptors (Lipinski definition) is 15. The molecule has 0 aromatic heterocycles. The summed E-state index contributed by atoms with van der Waals surface area (Å²) in [5.41, 5.74) is -1.34. The van der Waals surface area contributed by atoms with Gasteiger partial charge in [-0.05, 0) is 47.5 Å². The molecule has 6 N–H and O–H groups in total. The predicted octanol–water partition coefficient (Wildman–Crippen LogP) is 2.37. The molecule has 15 nitrogen and oxygen atoms in total. The minimum Gasteiger partial charge on any atom is -0.435 e. The van der Waals surface area contributed by atoms with Crippen molar-refractivity contribution in [3.8, 4) is 0 Å². The zero-order valence-electron chi connectivity index (χ0n) is 34.5. The van der Waals surface area contributed by atoms with E-state index in [1.807, 2.05) is 48.5 Å². The number of hydrogen-bond donors (Lipinski definition) is 6. The van der Waals surface area contributed by atoms with Gasteiger partial charge in [0, 0.05) is 48.9 Å². The van der Waals surface area contributed by atoms with Crippen LogP contribution in [0.1, 0.15) is 108 Å². The maximum Gasteiger partial charge on any atom is 0.313 e. The molecule has 5 rings (SSSR count). The Hall–Kier alpha value is -1.05. The van der Waals surface area contributed by atoms with Gasteiger partial charge in [0.05, 0.1) is 72.6 Å². The van der Waals surface area contributed by atoms with Crippen molar-refractivity contribution >= 4 is 5.97 Å². The smallest absolute Gasteiger partial charge is 0.313 e. The molecule has 0 aromatic carbocycles. The normalized spacial score (nSPS) is 51.3. The lowest BCUT2D eigenvalue weighted by Crippen LogP contribution is -2.70. The van der Waals surface area contributed by atoms with Gasteiger partial charge in [0.15, 0.2) is 18.4 Å². The first-order valence-corrected chi connectivity index (χ1v) is 20.6. The number of rotatable bonds is 10. The highest BCUT2D eigenvalue weighted by Gasteiger charge is 2.62. The van der Waals surface area contributed by atoms with Gasteiger partial charge in [0.1, 0.15) is 12.2 Å². The van der Waals surface area contributed by atoms with Crippen LogP contribution in [-0.2, 0) is 42.7 Å². The predicted molar refractivity (Wildman–Crippen MR) is 196 cm³/mol. The van der Waals surface area contributed by atoms with Gasteiger partial charge < -0.3 is 68.5 Å². The monoisotopic (exact) mass is 790 g/mol. The summed E-state index contributed by atoms with van der Waals surface area (Å²) in [6.07, 6.45) is -9.48. The minimum absolute atomic E-state index is 0.0430. The van der Waals surface area contributed by atoms with Crippen LogP contribution in [0.2, 0.25) is 0 Å². The molecule has 320 valence electrons. The van der Waals surface area contributed by atoms with Crippen LogP contribution in [0.3, 0.4) is 0 Å². The van der Waals surface area contributed by atoms with Gasteiger partial charge in [0.2, 0.25) is 6.29 Å². The summed E-state index contributed by atoms with van der Waals surface area (Å²) in [7, 11) is 0. The maximum absolute atomic E-state index is 13.7. The van der Waals surface area contributed by atoms with E-state index in [1.165, 1.54) is 0 Å². The van der Waals surface area contributed by atoms with Crippen molar-refractivity contribution in [3.05, 3.63) is 0 Å². The zero-order valence-corrected chi connectivity index (χ0v) is 34.5. The Kier molecular flexibility index (Phi) is 14.5. The molecule has 0 aromatic rings. The molecule has 0 bridgehead atoms. The summed E-state index contributed by atoms with van der Waals surface area (Å²) >= 11 is 0. The molecule has 0 aliphatic carbocycles.